The summed E-state index contributed by atoms with van der Waals surface area (Å²) >= 11 is 0. The van der Waals surface area contributed by atoms with E-state index in [1.165, 1.54) is 6.20 Å². The second-order valence-electron chi connectivity index (χ2n) is 9.35. The van der Waals surface area contributed by atoms with Crippen LogP contribution in [0, 0.1) is 11.8 Å². The molecule has 4 rings (SSSR count). The Morgan fingerprint density at radius 2 is 1.82 bits per heavy atom. The average Bonchev–Trinajstić information content (AvgIpc) is 3.15. The van der Waals surface area contributed by atoms with Gasteiger partial charge in [0.1, 0.15) is 0 Å². The first-order chi connectivity index (χ1) is 18.1. The highest BCUT2D eigenvalue weighted by Crippen LogP contribution is 2.33. The molecule has 3 atom stereocenters. The normalized spacial score (nSPS) is 23.2. The molecule has 0 unspecified atom stereocenters. The van der Waals surface area contributed by atoms with Gasteiger partial charge in [0.05, 0.1) is 18.2 Å². The number of pyridine rings is 1. The molecule has 0 radical (unpaired) electrons. The first kappa shape index (κ1) is 28.0. The van der Waals surface area contributed by atoms with E-state index in [-0.39, 0.29) is 44.0 Å². The number of benzene rings is 1. The van der Waals surface area contributed by atoms with Gasteiger partial charge in [0.15, 0.2) is 0 Å². The van der Waals surface area contributed by atoms with E-state index >= 15 is 0 Å². The summed E-state index contributed by atoms with van der Waals surface area (Å²) < 4.78 is 64.1. The van der Waals surface area contributed by atoms with Crippen molar-refractivity contribution in [3.63, 3.8) is 0 Å². The van der Waals surface area contributed by atoms with Crippen LogP contribution in [0.1, 0.15) is 40.4 Å². The Hall–Kier alpha value is -3.06. The lowest BCUT2D eigenvalue weighted by Gasteiger charge is -2.37. The zero-order valence-corrected chi connectivity index (χ0v) is 21.3. The van der Waals surface area contributed by atoms with Gasteiger partial charge in [0.25, 0.3) is 5.91 Å². The van der Waals surface area contributed by atoms with E-state index in [2.05, 4.69) is 10.4 Å². The van der Waals surface area contributed by atoms with E-state index < -0.39 is 21.4 Å². The maximum Gasteiger partial charge on any atom is 0.511 e. The SMILES string of the molecule is O=C(NN1C[C@@H](C[C@@H]2C=CCCN(S(=O)(=O)C(F)(F)F)C2)C=C[C@H]1c1ccc(CO)cc1)c1cccnc1. The van der Waals surface area contributed by atoms with Crippen LogP contribution in [-0.4, -0.2) is 58.9 Å². The minimum Gasteiger partial charge on any atom is -0.392 e. The van der Waals surface area contributed by atoms with Gasteiger partial charge in [-0.3, -0.25) is 15.2 Å². The molecule has 8 nitrogen and oxygen atoms in total. The summed E-state index contributed by atoms with van der Waals surface area (Å²) in [5, 5.41) is 11.1. The van der Waals surface area contributed by atoms with Crippen LogP contribution in [0.25, 0.3) is 0 Å². The molecule has 204 valence electrons. The Bertz CT molecular complexity index is 1270. The lowest BCUT2D eigenvalue weighted by Crippen LogP contribution is -2.48. The minimum absolute atomic E-state index is 0.0969. The van der Waals surface area contributed by atoms with E-state index in [4.69, 9.17) is 0 Å². The van der Waals surface area contributed by atoms with Crippen LogP contribution in [0.2, 0.25) is 0 Å². The van der Waals surface area contributed by atoms with Crippen molar-refractivity contribution < 1.29 is 31.5 Å². The molecule has 2 aliphatic rings. The number of hydrazine groups is 1. The van der Waals surface area contributed by atoms with Crippen LogP contribution in [0.3, 0.4) is 0 Å². The van der Waals surface area contributed by atoms with Crippen molar-refractivity contribution in [2.24, 2.45) is 11.8 Å². The van der Waals surface area contributed by atoms with Crippen molar-refractivity contribution in [3.05, 3.63) is 89.8 Å². The van der Waals surface area contributed by atoms with Crippen molar-refractivity contribution >= 4 is 15.9 Å². The quantitative estimate of drug-likeness (QED) is 0.511. The molecule has 1 amide bonds. The molecule has 2 N–H and O–H groups in total. The topological polar surface area (TPSA) is 103 Å². The molecular weight excluding hydrogens is 521 g/mol. The average molecular weight is 551 g/mol. The van der Waals surface area contributed by atoms with Gasteiger partial charge in [-0.1, -0.05) is 48.6 Å². The van der Waals surface area contributed by atoms with Gasteiger partial charge < -0.3 is 5.11 Å². The number of carbonyl (C=O) groups is 1. The molecule has 0 fully saturated rings. The lowest BCUT2D eigenvalue weighted by atomic mass is 9.89. The van der Waals surface area contributed by atoms with Gasteiger partial charge in [-0.25, -0.2) is 13.4 Å². The smallest absolute Gasteiger partial charge is 0.392 e. The number of halogens is 3. The van der Waals surface area contributed by atoms with E-state index in [0.717, 1.165) is 11.1 Å². The molecule has 3 heterocycles. The molecule has 2 aromatic rings. The number of aliphatic hydroxyl groups excluding tert-OH is 1. The zero-order chi connectivity index (χ0) is 27.3. The summed E-state index contributed by atoms with van der Waals surface area (Å²) in [4.78, 5) is 16.9. The number of rotatable bonds is 7. The number of aromatic nitrogens is 1. The van der Waals surface area contributed by atoms with Crippen molar-refractivity contribution in [1.29, 1.82) is 0 Å². The number of amides is 1. The van der Waals surface area contributed by atoms with Crippen LogP contribution in [0.5, 0.6) is 0 Å². The van der Waals surface area contributed by atoms with Crippen LogP contribution < -0.4 is 5.43 Å². The van der Waals surface area contributed by atoms with Crippen LogP contribution >= 0.6 is 0 Å². The molecule has 0 saturated carbocycles. The van der Waals surface area contributed by atoms with Crippen molar-refractivity contribution in [2.75, 3.05) is 19.6 Å². The second-order valence-corrected chi connectivity index (χ2v) is 11.3. The van der Waals surface area contributed by atoms with Crippen LogP contribution in [0.15, 0.2) is 73.1 Å². The van der Waals surface area contributed by atoms with E-state index in [9.17, 15) is 31.5 Å². The number of hydrogen-bond donors (Lipinski definition) is 2. The fraction of sp³-hybridized carbons (Fsp3) is 0.385. The molecule has 12 heteroatoms. The van der Waals surface area contributed by atoms with Gasteiger partial charge in [-0.15, -0.1) is 0 Å². The number of nitrogens with zero attached hydrogens (tertiary/aromatic N) is 3. The van der Waals surface area contributed by atoms with Gasteiger partial charge in [-0.05, 0) is 47.9 Å². The Labute approximate surface area is 219 Å². The Morgan fingerprint density at radius 3 is 2.47 bits per heavy atom. The van der Waals surface area contributed by atoms with Crippen molar-refractivity contribution in [2.45, 2.75) is 31.0 Å². The Balaban J connectivity index is 1.54. The maximum atomic E-state index is 13.2. The molecule has 0 spiro atoms. The molecule has 0 saturated heterocycles. The Kier molecular flexibility index (Phi) is 8.66. The summed E-state index contributed by atoms with van der Waals surface area (Å²) in [5.74, 6) is -0.957. The third-order valence-electron chi connectivity index (χ3n) is 6.63. The van der Waals surface area contributed by atoms with E-state index in [1.807, 2.05) is 24.3 Å². The third-order valence-corrected chi connectivity index (χ3v) is 8.23. The fourth-order valence-corrected chi connectivity index (χ4v) is 5.72. The largest absolute Gasteiger partial charge is 0.511 e. The first-order valence-corrected chi connectivity index (χ1v) is 13.6. The van der Waals surface area contributed by atoms with Crippen LogP contribution in [-0.2, 0) is 16.6 Å². The fourth-order valence-electron chi connectivity index (χ4n) is 4.69. The van der Waals surface area contributed by atoms with E-state index in [1.54, 1.807) is 47.6 Å². The Morgan fingerprint density at radius 1 is 1.08 bits per heavy atom. The third kappa shape index (κ3) is 6.49. The second kappa shape index (κ2) is 11.8. The monoisotopic (exact) mass is 550 g/mol. The standard InChI is InChI=1S/C26H29F3N4O4S/c27-26(28,29)38(36,37)32-13-2-1-4-20(16-32)14-21-8-11-24(22-9-6-19(18-34)7-10-22)33(17-21)31-25(35)23-5-3-12-30-15-23/h1,3-12,15,20-21,24,34H,2,13-14,16-18H2,(H,31,35)/t20-,21+,24-/m0/s1. The number of nitrogens with one attached hydrogen (secondary N) is 1. The molecule has 1 aromatic heterocycles. The number of aliphatic hydroxyl groups is 1. The molecule has 2 aliphatic heterocycles. The van der Waals surface area contributed by atoms with Gasteiger partial charge in [-0.2, -0.15) is 17.5 Å². The highest BCUT2D eigenvalue weighted by Gasteiger charge is 2.50. The predicted octanol–water partition coefficient (Wildman–Crippen LogP) is 3.57. The van der Waals surface area contributed by atoms with Gasteiger partial charge in [0, 0.05) is 32.0 Å². The molecule has 1 aromatic carbocycles. The van der Waals surface area contributed by atoms with Gasteiger partial charge >= 0.3 is 15.5 Å². The highest BCUT2D eigenvalue weighted by atomic mass is 32.2. The van der Waals surface area contributed by atoms with Crippen LogP contribution in [0.4, 0.5) is 13.2 Å². The summed E-state index contributed by atoms with van der Waals surface area (Å²) in [6.07, 6.45) is 11.0. The number of alkyl halides is 3. The maximum absolute atomic E-state index is 13.2. The lowest BCUT2D eigenvalue weighted by molar-refractivity contribution is -0.0490. The van der Waals surface area contributed by atoms with Gasteiger partial charge in [0.2, 0.25) is 0 Å². The highest BCUT2D eigenvalue weighted by molar-refractivity contribution is 7.90. The molecule has 0 bridgehead atoms. The molecule has 38 heavy (non-hydrogen) atoms. The summed E-state index contributed by atoms with van der Waals surface area (Å²) in [6.45, 7) is -0.239. The molecular formula is C26H29F3N4O4S. The van der Waals surface area contributed by atoms with E-state index in [0.29, 0.717) is 22.8 Å². The predicted molar refractivity (Wildman–Crippen MR) is 135 cm³/mol. The minimum atomic E-state index is -5.42. The first-order valence-electron chi connectivity index (χ1n) is 12.2. The van der Waals surface area contributed by atoms with Crippen molar-refractivity contribution in [3.8, 4) is 0 Å². The number of carbonyl (C=O) groups excluding carboxylic acids is 1. The number of hydrogen-bond acceptors (Lipinski definition) is 6. The summed E-state index contributed by atoms with van der Waals surface area (Å²) in [5.41, 5.74) is -0.433. The molecule has 0 aliphatic carbocycles. The zero-order valence-electron chi connectivity index (χ0n) is 20.5. The number of sulfonamides is 1. The van der Waals surface area contributed by atoms with Crippen molar-refractivity contribution in [1.82, 2.24) is 19.7 Å². The summed E-state index contributed by atoms with van der Waals surface area (Å²) in [6, 6.07) is 10.3. The summed E-state index contributed by atoms with van der Waals surface area (Å²) in [7, 11) is -5.42.